The predicted molar refractivity (Wildman–Crippen MR) is 157 cm³/mol. The number of rotatable bonds is 16. The quantitative estimate of drug-likeness (QED) is 0.122. The highest BCUT2D eigenvalue weighted by Crippen LogP contribution is 2.63. The maximum atomic E-state index is 13.8. The zero-order valence-corrected chi connectivity index (χ0v) is 24.9. The van der Waals surface area contributed by atoms with Gasteiger partial charge in [-0.15, -0.1) is 0 Å². The van der Waals surface area contributed by atoms with Crippen LogP contribution in [-0.4, -0.2) is 36.6 Å². The molecular formula is C28H38N2O8P2. The Balaban J connectivity index is 1.96. The molecule has 12 heteroatoms. The van der Waals surface area contributed by atoms with Crippen molar-refractivity contribution < 1.29 is 37.4 Å². The van der Waals surface area contributed by atoms with Crippen LogP contribution in [0.25, 0.3) is 0 Å². The maximum absolute atomic E-state index is 13.8. The van der Waals surface area contributed by atoms with Crippen molar-refractivity contribution >= 4 is 26.6 Å². The van der Waals surface area contributed by atoms with E-state index in [-0.39, 0.29) is 37.9 Å². The van der Waals surface area contributed by atoms with E-state index in [1.165, 1.54) is 12.1 Å². The second-order valence-electron chi connectivity index (χ2n) is 8.54. The average Bonchev–Trinajstić information content (AvgIpc) is 2.93. The normalized spacial score (nSPS) is 13.5. The van der Waals surface area contributed by atoms with Crippen LogP contribution in [0.1, 0.15) is 50.4 Å². The first-order chi connectivity index (χ1) is 19.2. The molecule has 218 valence electrons. The zero-order chi connectivity index (χ0) is 29.2. The van der Waals surface area contributed by atoms with Gasteiger partial charge >= 0.3 is 15.2 Å². The SMILES string of the molecule is CCOP(=O)(OCC)C(Nc1ccc(NC(c2ccccc2O)P(=O)(OCC)OCC)cc1)c1ccccc1O. The molecule has 0 heterocycles. The Bertz CT molecular complexity index is 1200. The molecule has 0 bridgehead atoms. The van der Waals surface area contributed by atoms with Crippen LogP contribution in [0.5, 0.6) is 11.5 Å². The Morgan fingerprint density at radius 1 is 0.575 bits per heavy atom. The van der Waals surface area contributed by atoms with Gasteiger partial charge in [0.2, 0.25) is 0 Å². The van der Waals surface area contributed by atoms with Crippen LogP contribution in [-0.2, 0) is 27.2 Å². The molecule has 0 aliphatic carbocycles. The smallest absolute Gasteiger partial charge is 0.357 e. The minimum absolute atomic E-state index is 0.0500. The van der Waals surface area contributed by atoms with Crippen LogP contribution in [0.3, 0.4) is 0 Å². The van der Waals surface area contributed by atoms with Crippen LogP contribution < -0.4 is 10.6 Å². The van der Waals surface area contributed by atoms with E-state index in [1.807, 2.05) is 0 Å². The molecule has 2 atom stereocenters. The fraction of sp³-hybridized carbons (Fsp3) is 0.357. The summed E-state index contributed by atoms with van der Waals surface area (Å²) in [4.78, 5) is 0. The molecule has 0 aromatic heterocycles. The van der Waals surface area contributed by atoms with Crippen LogP contribution in [0.15, 0.2) is 72.8 Å². The molecule has 0 saturated heterocycles. The Kier molecular flexibility index (Phi) is 11.6. The van der Waals surface area contributed by atoms with Crippen molar-refractivity contribution in [2.75, 3.05) is 37.1 Å². The number of hydrogen-bond acceptors (Lipinski definition) is 10. The van der Waals surface area contributed by atoms with Gasteiger partial charge in [0.25, 0.3) is 0 Å². The van der Waals surface area contributed by atoms with Crippen molar-refractivity contribution in [1.82, 2.24) is 0 Å². The maximum Gasteiger partial charge on any atom is 0.357 e. The molecule has 3 rings (SSSR count). The summed E-state index contributed by atoms with van der Waals surface area (Å²) in [6.07, 6.45) is 0. The van der Waals surface area contributed by atoms with Gasteiger partial charge in [0.15, 0.2) is 11.6 Å². The first-order valence-corrected chi connectivity index (χ1v) is 16.4. The Morgan fingerprint density at radius 2 is 0.875 bits per heavy atom. The van der Waals surface area contributed by atoms with Gasteiger partial charge in [-0.05, 0) is 64.1 Å². The number of aromatic hydroxyl groups is 2. The summed E-state index contributed by atoms with van der Waals surface area (Å²) < 4.78 is 50.0. The number of phenolic OH excluding ortho intramolecular Hbond substituents is 2. The summed E-state index contributed by atoms with van der Waals surface area (Å²) in [6, 6.07) is 20.0. The molecule has 0 fully saturated rings. The second-order valence-corrected chi connectivity index (χ2v) is 12.8. The van der Waals surface area contributed by atoms with Crippen LogP contribution in [0, 0.1) is 0 Å². The van der Waals surface area contributed by atoms with E-state index < -0.39 is 26.8 Å². The van der Waals surface area contributed by atoms with Gasteiger partial charge in [-0.25, -0.2) is 0 Å². The van der Waals surface area contributed by atoms with E-state index in [9.17, 15) is 19.3 Å². The van der Waals surface area contributed by atoms with Gasteiger partial charge in [0, 0.05) is 22.5 Å². The van der Waals surface area contributed by atoms with E-state index in [2.05, 4.69) is 10.6 Å². The lowest BCUT2D eigenvalue weighted by atomic mass is 10.2. The average molecular weight is 593 g/mol. The molecule has 0 aliphatic heterocycles. The van der Waals surface area contributed by atoms with Gasteiger partial charge in [-0.2, -0.15) is 0 Å². The van der Waals surface area contributed by atoms with E-state index in [4.69, 9.17) is 18.1 Å². The fourth-order valence-corrected chi connectivity index (χ4v) is 8.08. The van der Waals surface area contributed by atoms with Crippen molar-refractivity contribution in [3.8, 4) is 11.5 Å². The molecule has 0 spiro atoms. The first kappa shape index (κ1) is 31.7. The first-order valence-electron chi connectivity index (χ1n) is 13.2. The third-order valence-electron chi connectivity index (χ3n) is 5.82. The van der Waals surface area contributed by atoms with E-state index in [1.54, 1.807) is 88.4 Å². The third-order valence-corrected chi connectivity index (χ3v) is 10.4. The highest BCUT2D eigenvalue weighted by Gasteiger charge is 2.40. The Hall–Kier alpha value is -2.84. The molecule has 3 aromatic carbocycles. The zero-order valence-electron chi connectivity index (χ0n) is 23.1. The van der Waals surface area contributed by atoms with Crippen molar-refractivity contribution in [3.63, 3.8) is 0 Å². The molecule has 0 radical (unpaired) electrons. The minimum Gasteiger partial charge on any atom is -0.508 e. The lowest BCUT2D eigenvalue weighted by molar-refractivity contribution is 0.212. The minimum atomic E-state index is -3.75. The molecule has 10 nitrogen and oxygen atoms in total. The summed E-state index contributed by atoms with van der Waals surface area (Å²) >= 11 is 0. The van der Waals surface area contributed by atoms with Gasteiger partial charge in [-0.3, -0.25) is 9.13 Å². The summed E-state index contributed by atoms with van der Waals surface area (Å²) in [6.45, 7) is 7.49. The number of anilines is 2. The predicted octanol–water partition coefficient (Wildman–Crippen LogP) is 7.85. The number of nitrogens with one attached hydrogen (secondary N) is 2. The highest BCUT2D eigenvalue weighted by molar-refractivity contribution is 7.54. The van der Waals surface area contributed by atoms with E-state index in [0.29, 0.717) is 22.5 Å². The van der Waals surface area contributed by atoms with E-state index in [0.717, 1.165) is 0 Å². The molecular weight excluding hydrogens is 554 g/mol. The number of benzene rings is 3. The molecule has 3 aromatic rings. The van der Waals surface area contributed by atoms with Crippen LogP contribution in [0.2, 0.25) is 0 Å². The van der Waals surface area contributed by atoms with Crippen molar-refractivity contribution in [3.05, 3.63) is 83.9 Å². The summed E-state index contributed by atoms with van der Waals surface area (Å²) in [5, 5.41) is 27.5. The molecule has 0 amide bonds. The van der Waals surface area contributed by atoms with Gasteiger partial charge < -0.3 is 38.9 Å². The Labute approximate surface area is 235 Å². The topological polar surface area (TPSA) is 136 Å². The number of phenols is 2. The lowest BCUT2D eigenvalue weighted by Crippen LogP contribution is -2.16. The van der Waals surface area contributed by atoms with Crippen molar-refractivity contribution in [2.24, 2.45) is 0 Å². The van der Waals surface area contributed by atoms with Gasteiger partial charge in [0.05, 0.1) is 26.4 Å². The molecule has 0 saturated carbocycles. The number of para-hydroxylation sites is 2. The molecule has 2 unspecified atom stereocenters. The largest absolute Gasteiger partial charge is 0.508 e. The fourth-order valence-electron chi connectivity index (χ4n) is 4.16. The molecule has 0 aliphatic rings. The lowest BCUT2D eigenvalue weighted by Gasteiger charge is -2.29. The van der Waals surface area contributed by atoms with E-state index >= 15 is 0 Å². The Morgan fingerprint density at radius 3 is 1.15 bits per heavy atom. The molecule has 4 N–H and O–H groups in total. The number of hydrogen-bond donors (Lipinski definition) is 4. The third kappa shape index (κ3) is 7.67. The summed E-state index contributed by atoms with van der Waals surface area (Å²) in [5.74, 6) is -2.08. The summed E-state index contributed by atoms with van der Waals surface area (Å²) in [7, 11) is -7.49. The summed E-state index contributed by atoms with van der Waals surface area (Å²) in [5.41, 5.74) is 1.86. The molecule has 40 heavy (non-hydrogen) atoms. The van der Waals surface area contributed by atoms with Crippen LogP contribution in [0.4, 0.5) is 11.4 Å². The standard InChI is InChI=1S/C28H38N2O8P2/c1-5-35-39(33,36-6-2)27(23-13-9-11-15-25(23)31)29-21-17-19-22(20-18-21)30-28(24-14-10-12-16-26(24)32)40(34,37-7-3)38-8-4/h9-20,27-32H,5-8H2,1-4H3. The van der Waals surface area contributed by atoms with Crippen LogP contribution >= 0.6 is 15.2 Å². The highest BCUT2D eigenvalue weighted by atomic mass is 31.2. The van der Waals surface area contributed by atoms with Gasteiger partial charge in [0.1, 0.15) is 11.5 Å². The van der Waals surface area contributed by atoms with Gasteiger partial charge in [-0.1, -0.05) is 36.4 Å². The van der Waals surface area contributed by atoms with Crippen molar-refractivity contribution in [2.45, 2.75) is 39.3 Å². The second kappa shape index (κ2) is 14.7. The van der Waals surface area contributed by atoms with Crippen molar-refractivity contribution in [1.29, 1.82) is 0 Å². The monoisotopic (exact) mass is 592 g/mol.